The molecule has 2 aromatic carbocycles. The van der Waals surface area contributed by atoms with Gasteiger partial charge >= 0.3 is 5.97 Å². The quantitative estimate of drug-likeness (QED) is 0.587. The molecule has 0 aliphatic rings. The van der Waals surface area contributed by atoms with Crippen LogP contribution in [0.25, 0.3) is 33.5 Å². The molecule has 122 valence electrons. The molecule has 0 fully saturated rings. The van der Waals surface area contributed by atoms with E-state index in [2.05, 4.69) is 15.2 Å². The molecule has 4 rings (SSSR count). The number of hydrogen-bond acceptors (Lipinski definition) is 3. The van der Waals surface area contributed by atoms with Gasteiger partial charge in [-0.15, -0.1) is 0 Å². The van der Waals surface area contributed by atoms with Crippen LogP contribution >= 0.6 is 0 Å². The van der Waals surface area contributed by atoms with Crippen LogP contribution in [0.2, 0.25) is 0 Å². The molecule has 0 aliphatic carbocycles. The Kier molecular flexibility index (Phi) is 3.54. The first kappa shape index (κ1) is 15.1. The Morgan fingerprint density at radius 2 is 1.72 bits per heavy atom. The average molecular weight is 329 g/mol. The van der Waals surface area contributed by atoms with Crippen LogP contribution in [0, 0.1) is 6.92 Å². The fourth-order valence-electron chi connectivity index (χ4n) is 2.88. The van der Waals surface area contributed by atoms with Gasteiger partial charge in [0.25, 0.3) is 0 Å². The molecule has 0 unspecified atom stereocenters. The summed E-state index contributed by atoms with van der Waals surface area (Å²) in [5, 5.41) is 17.4. The summed E-state index contributed by atoms with van der Waals surface area (Å²) in [6.07, 6.45) is 0. The number of aromatic nitrogens is 3. The Morgan fingerprint density at radius 3 is 2.40 bits per heavy atom. The van der Waals surface area contributed by atoms with Crippen LogP contribution in [-0.4, -0.2) is 26.3 Å². The van der Waals surface area contributed by atoms with Gasteiger partial charge in [0, 0.05) is 11.1 Å². The molecule has 0 radical (unpaired) electrons. The molecule has 5 heteroatoms. The number of aromatic carboxylic acids is 1. The number of pyridine rings is 1. The summed E-state index contributed by atoms with van der Waals surface area (Å²) in [6.45, 7) is 2.00. The van der Waals surface area contributed by atoms with E-state index in [1.54, 1.807) is 6.07 Å². The van der Waals surface area contributed by atoms with Gasteiger partial charge in [-0.25, -0.2) is 9.78 Å². The van der Waals surface area contributed by atoms with Crippen LogP contribution in [0.15, 0.2) is 60.7 Å². The van der Waals surface area contributed by atoms with E-state index in [9.17, 15) is 9.90 Å². The fourth-order valence-corrected chi connectivity index (χ4v) is 2.88. The Labute approximate surface area is 144 Å². The van der Waals surface area contributed by atoms with E-state index < -0.39 is 5.97 Å². The lowest BCUT2D eigenvalue weighted by Crippen LogP contribution is -2.00. The Bertz CT molecular complexity index is 1070. The number of aromatic amines is 1. The third kappa shape index (κ3) is 2.65. The van der Waals surface area contributed by atoms with Crippen LogP contribution in [0.4, 0.5) is 0 Å². The minimum atomic E-state index is -1.00. The van der Waals surface area contributed by atoms with Crippen LogP contribution in [-0.2, 0) is 0 Å². The number of carboxylic acids is 1. The summed E-state index contributed by atoms with van der Waals surface area (Å²) >= 11 is 0. The summed E-state index contributed by atoms with van der Waals surface area (Å²) in [5.74, 6) is -1.00. The highest BCUT2D eigenvalue weighted by molar-refractivity contribution is 6.08. The summed E-state index contributed by atoms with van der Waals surface area (Å²) in [6, 6.07) is 18.9. The zero-order chi connectivity index (χ0) is 17.4. The Morgan fingerprint density at radius 1 is 1.00 bits per heavy atom. The van der Waals surface area contributed by atoms with Gasteiger partial charge in [0.05, 0.1) is 22.3 Å². The van der Waals surface area contributed by atoms with E-state index >= 15 is 0 Å². The maximum atomic E-state index is 11.9. The highest BCUT2D eigenvalue weighted by Crippen LogP contribution is 2.31. The van der Waals surface area contributed by atoms with Crippen molar-refractivity contribution < 1.29 is 9.90 Å². The topological polar surface area (TPSA) is 78.9 Å². The number of aryl methyl sites for hydroxylation is 1. The average Bonchev–Trinajstić information content (AvgIpc) is 3.06. The van der Waals surface area contributed by atoms with E-state index in [1.807, 2.05) is 61.5 Å². The first-order valence-electron chi connectivity index (χ1n) is 7.88. The summed E-state index contributed by atoms with van der Waals surface area (Å²) in [5.41, 5.74) is 4.71. The number of hydrogen-bond donors (Lipinski definition) is 2. The summed E-state index contributed by atoms with van der Waals surface area (Å²) in [7, 11) is 0. The van der Waals surface area contributed by atoms with Gasteiger partial charge in [-0.3, -0.25) is 5.10 Å². The standard InChI is InChI=1S/C20H15N3O2/c1-12-7-9-13(10-8-12)16-11-15(20(24)25)17-18(22-23-19(17)21-16)14-5-3-2-4-6-14/h2-11H,1H3,(H,24,25)(H,21,22,23). The molecule has 5 nitrogen and oxygen atoms in total. The zero-order valence-electron chi connectivity index (χ0n) is 13.5. The highest BCUT2D eigenvalue weighted by atomic mass is 16.4. The van der Waals surface area contributed by atoms with Crippen LogP contribution < -0.4 is 0 Å². The molecule has 2 N–H and O–H groups in total. The Balaban J connectivity index is 1.97. The smallest absolute Gasteiger partial charge is 0.336 e. The van der Waals surface area contributed by atoms with Crippen molar-refractivity contribution >= 4 is 17.0 Å². The Hall–Kier alpha value is -3.47. The lowest BCUT2D eigenvalue weighted by Gasteiger charge is -2.06. The van der Waals surface area contributed by atoms with Gasteiger partial charge in [-0.05, 0) is 13.0 Å². The maximum Gasteiger partial charge on any atom is 0.336 e. The predicted molar refractivity (Wildman–Crippen MR) is 96.5 cm³/mol. The van der Waals surface area contributed by atoms with E-state index in [4.69, 9.17) is 0 Å². The number of benzene rings is 2. The molecule has 0 atom stereocenters. The largest absolute Gasteiger partial charge is 0.478 e. The van der Waals surface area contributed by atoms with Crippen LogP contribution in [0.5, 0.6) is 0 Å². The number of fused-ring (bicyclic) bond motifs is 1. The lowest BCUT2D eigenvalue weighted by molar-refractivity contribution is 0.0699. The van der Waals surface area contributed by atoms with Crippen molar-refractivity contribution in [3.05, 3.63) is 71.8 Å². The number of carboxylic acid groups (broad SMARTS) is 1. The highest BCUT2D eigenvalue weighted by Gasteiger charge is 2.19. The van der Waals surface area contributed by atoms with Crippen molar-refractivity contribution in [3.63, 3.8) is 0 Å². The van der Waals surface area contributed by atoms with Gasteiger partial charge in [0.1, 0.15) is 0 Å². The molecule has 0 amide bonds. The minimum Gasteiger partial charge on any atom is -0.478 e. The number of H-pyrrole nitrogens is 1. The number of nitrogens with one attached hydrogen (secondary N) is 1. The molecule has 0 spiro atoms. The van der Waals surface area contributed by atoms with Crippen molar-refractivity contribution in [2.45, 2.75) is 6.92 Å². The first-order valence-corrected chi connectivity index (χ1v) is 7.88. The molecule has 0 saturated heterocycles. The molecule has 4 aromatic rings. The normalized spacial score (nSPS) is 10.9. The SMILES string of the molecule is Cc1ccc(-c2cc(C(=O)O)c3c(-c4ccccc4)[nH]nc3n2)cc1. The van der Waals surface area contributed by atoms with Crippen molar-refractivity contribution in [3.8, 4) is 22.5 Å². The van der Waals surface area contributed by atoms with Gasteiger partial charge in [-0.1, -0.05) is 60.2 Å². The molecule has 2 aromatic heterocycles. The molecule has 0 bridgehead atoms. The van der Waals surface area contributed by atoms with Gasteiger partial charge in [0.15, 0.2) is 5.65 Å². The van der Waals surface area contributed by atoms with E-state index in [0.717, 1.165) is 16.7 Å². The second-order valence-electron chi connectivity index (χ2n) is 5.89. The second-order valence-corrected chi connectivity index (χ2v) is 5.89. The molecule has 25 heavy (non-hydrogen) atoms. The summed E-state index contributed by atoms with van der Waals surface area (Å²) < 4.78 is 0. The van der Waals surface area contributed by atoms with Gasteiger partial charge in [0.2, 0.25) is 0 Å². The number of carbonyl (C=O) groups is 1. The van der Waals surface area contributed by atoms with E-state index in [-0.39, 0.29) is 5.56 Å². The molecular weight excluding hydrogens is 314 g/mol. The molecule has 2 heterocycles. The maximum absolute atomic E-state index is 11.9. The second kappa shape index (κ2) is 5.87. The predicted octanol–water partition coefficient (Wildman–Crippen LogP) is 4.30. The van der Waals surface area contributed by atoms with Crippen molar-refractivity contribution in [1.29, 1.82) is 0 Å². The zero-order valence-corrected chi connectivity index (χ0v) is 13.5. The van der Waals surface area contributed by atoms with Crippen molar-refractivity contribution in [2.75, 3.05) is 0 Å². The third-order valence-electron chi connectivity index (χ3n) is 4.16. The van der Waals surface area contributed by atoms with Crippen molar-refractivity contribution in [2.24, 2.45) is 0 Å². The van der Waals surface area contributed by atoms with Crippen molar-refractivity contribution in [1.82, 2.24) is 15.2 Å². The first-order chi connectivity index (χ1) is 12.1. The molecular formula is C20H15N3O2. The van der Waals surface area contributed by atoms with E-state index in [1.165, 1.54) is 0 Å². The monoisotopic (exact) mass is 329 g/mol. The molecule has 0 saturated carbocycles. The van der Waals surface area contributed by atoms with Gasteiger partial charge < -0.3 is 5.11 Å². The molecule has 0 aliphatic heterocycles. The third-order valence-corrected chi connectivity index (χ3v) is 4.16. The minimum absolute atomic E-state index is 0.188. The number of nitrogens with zero attached hydrogens (tertiary/aromatic N) is 2. The van der Waals surface area contributed by atoms with Crippen LogP contribution in [0.1, 0.15) is 15.9 Å². The lowest BCUT2D eigenvalue weighted by atomic mass is 10.0. The summed E-state index contributed by atoms with van der Waals surface area (Å²) in [4.78, 5) is 16.4. The van der Waals surface area contributed by atoms with Gasteiger partial charge in [-0.2, -0.15) is 5.10 Å². The van der Waals surface area contributed by atoms with Crippen LogP contribution in [0.3, 0.4) is 0 Å². The van der Waals surface area contributed by atoms with E-state index in [0.29, 0.717) is 22.4 Å². The fraction of sp³-hybridized carbons (Fsp3) is 0.0500. The number of rotatable bonds is 3.